The molecule has 29 heavy (non-hydrogen) atoms. The maximum atomic E-state index is 12.0. The molecule has 0 aromatic heterocycles. The minimum atomic E-state index is -0.527. The van der Waals surface area contributed by atoms with E-state index in [1.54, 1.807) is 18.2 Å². The van der Waals surface area contributed by atoms with Crippen LogP contribution < -0.4 is 10.2 Å². The molecule has 0 fully saturated rings. The van der Waals surface area contributed by atoms with Gasteiger partial charge in [-0.1, -0.05) is 41.9 Å². The predicted octanol–water partition coefficient (Wildman–Crippen LogP) is 4.59. The molecular formula is C21H16ClN3O4. The summed E-state index contributed by atoms with van der Waals surface area (Å²) in [6, 6.07) is 19.9. The Kier molecular flexibility index (Phi) is 6.55. The first-order chi connectivity index (χ1) is 14.0. The summed E-state index contributed by atoms with van der Waals surface area (Å²) >= 11 is 6.12. The van der Waals surface area contributed by atoms with Gasteiger partial charge in [0.2, 0.25) is 0 Å². The van der Waals surface area contributed by atoms with E-state index in [1.165, 1.54) is 30.5 Å². The molecule has 0 bridgehead atoms. The van der Waals surface area contributed by atoms with E-state index in [0.29, 0.717) is 17.4 Å². The smallest absolute Gasteiger partial charge is 0.271 e. The summed E-state index contributed by atoms with van der Waals surface area (Å²) < 4.78 is 5.75. The van der Waals surface area contributed by atoms with E-state index in [1.807, 2.05) is 30.3 Å². The van der Waals surface area contributed by atoms with Gasteiger partial charge < -0.3 is 4.74 Å². The normalized spacial score (nSPS) is 10.7. The van der Waals surface area contributed by atoms with Crippen molar-refractivity contribution in [2.24, 2.45) is 5.10 Å². The second-order valence-corrected chi connectivity index (χ2v) is 6.36. The predicted molar refractivity (Wildman–Crippen MR) is 110 cm³/mol. The molecule has 0 saturated carbocycles. The van der Waals surface area contributed by atoms with Gasteiger partial charge in [-0.25, -0.2) is 5.43 Å². The zero-order valence-corrected chi connectivity index (χ0v) is 15.9. The van der Waals surface area contributed by atoms with Gasteiger partial charge in [-0.2, -0.15) is 5.10 Å². The summed E-state index contributed by atoms with van der Waals surface area (Å²) in [4.78, 5) is 22.2. The second-order valence-electron chi connectivity index (χ2n) is 5.96. The molecule has 0 unspecified atom stereocenters. The molecule has 0 radical (unpaired) electrons. The van der Waals surface area contributed by atoms with Crippen molar-refractivity contribution in [3.8, 4) is 5.75 Å². The molecule has 0 aliphatic carbocycles. The van der Waals surface area contributed by atoms with Crippen molar-refractivity contribution >= 4 is 29.4 Å². The van der Waals surface area contributed by atoms with Crippen LogP contribution in [0.3, 0.4) is 0 Å². The van der Waals surface area contributed by atoms with E-state index in [-0.39, 0.29) is 11.3 Å². The average molecular weight is 410 g/mol. The number of hydrogen-bond acceptors (Lipinski definition) is 5. The molecule has 3 aromatic carbocycles. The standard InChI is InChI=1S/C21H16ClN3O4/c22-20-7-2-1-5-17(20)14-29-19-6-3-4-15(12-19)13-23-24-21(26)16-8-10-18(11-9-16)25(27)28/h1-13H,14H2,(H,24,26)/b23-13+. The number of ether oxygens (including phenoxy) is 1. The van der Waals surface area contributed by atoms with Crippen LogP contribution in [0, 0.1) is 10.1 Å². The zero-order chi connectivity index (χ0) is 20.6. The Bertz CT molecular complexity index is 1050. The first-order valence-electron chi connectivity index (χ1n) is 8.57. The fourth-order valence-electron chi connectivity index (χ4n) is 2.43. The van der Waals surface area contributed by atoms with Gasteiger partial charge in [0.05, 0.1) is 11.1 Å². The molecule has 7 nitrogen and oxygen atoms in total. The minimum Gasteiger partial charge on any atom is -0.489 e. The summed E-state index contributed by atoms with van der Waals surface area (Å²) in [5.74, 6) is 0.165. The van der Waals surface area contributed by atoms with Gasteiger partial charge in [0.15, 0.2) is 0 Å². The van der Waals surface area contributed by atoms with Crippen LogP contribution >= 0.6 is 11.6 Å². The number of amides is 1. The van der Waals surface area contributed by atoms with E-state index in [2.05, 4.69) is 10.5 Å². The summed E-state index contributed by atoms with van der Waals surface area (Å²) in [5.41, 5.74) is 4.17. The number of halogens is 1. The van der Waals surface area contributed by atoms with Crippen LogP contribution in [0.15, 0.2) is 77.9 Å². The molecule has 0 atom stereocenters. The van der Waals surface area contributed by atoms with Gasteiger partial charge in [0.25, 0.3) is 11.6 Å². The third-order valence-corrected chi connectivity index (χ3v) is 4.30. The highest BCUT2D eigenvalue weighted by Gasteiger charge is 2.08. The second kappa shape index (κ2) is 9.48. The third-order valence-electron chi connectivity index (χ3n) is 3.93. The van der Waals surface area contributed by atoms with E-state index in [0.717, 1.165) is 11.1 Å². The highest BCUT2D eigenvalue weighted by molar-refractivity contribution is 6.31. The van der Waals surface area contributed by atoms with Gasteiger partial charge in [0.1, 0.15) is 12.4 Å². The van der Waals surface area contributed by atoms with Crippen LogP contribution in [0.2, 0.25) is 5.02 Å². The number of non-ortho nitro benzene ring substituents is 1. The third kappa shape index (κ3) is 5.63. The van der Waals surface area contributed by atoms with E-state index in [4.69, 9.17) is 16.3 Å². The largest absolute Gasteiger partial charge is 0.489 e. The quantitative estimate of drug-likeness (QED) is 0.351. The molecule has 0 saturated heterocycles. The Morgan fingerprint density at radius 3 is 2.59 bits per heavy atom. The number of nitrogens with one attached hydrogen (secondary N) is 1. The number of hydrazone groups is 1. The molecule has 3 rings (SSSR count). The van der Waals surface area contributed by atoms with Gasteiger partial charge in [-0.3, -0.25) is 14.9 Å². The Balaban J connectivity index is 1.58. The number of hydrogen-bond donors (Lipinski definition) is 1. The van der Waals surface area contributed by atoms with Crippen LogP contribution in [0.4, 0.5) is 5.69 Å². The highest BCUT2D eigenvalue weighted by Crippen LogP contribution is 2.19. The van der Waals surface area contributed by atoms with Crippen molar-refractivity contribution in [1.82, 2.24) is 5.43 Å². The lowest BCUT2D eigenvalue weighted by atomic mass is 10.2. The molecular weight excluding hydrogens is 394 g/mol. The molecule has 1 amide bonds. The lowest BCUT2D eigenvalue weighted by Crippen LogP contribution is -2.17. The van der Waals surface area contributed by atoms with E-state index < -0.39 is 10.8 Å². The van der Waals surface area contributed by atoms with Gasteiger partial charge in [-0.05, 0) is 35.9 Å². The Hall–Kier alpha value is -3.71. The Morgan fingerprint density at radius 1 is 1.10 bits per heavy atom. The maximum Gasteiger partial charge on any atom is 0.271 e. The average Bonchev–Trinajstić information content (AvgIpc) is 2.73. The van der Waals surface area contributed by atoms with Crippen LogP contribution in [0.25, 0.3) is 0 Å². The molecule has 0 heterocycles. The molecule has 3 aromatic rings. The molecule has 0 spiro atoms. The number of carbonyl (C=O) groups excluding carboxylic acids is 1. The lowest BCUT2D eigenvalue weighted by Gasteiger charge is -2.08. The van der Waals surface area contributed by atoms with Crippen molar-refractivity contribution in [2.75, 3.05) is 0 Å². The van der Waals surface area contributed by atoms with Crippen molar-refractivity contribution in [2.45, 2.75) is 6.61 Å². The van der Waals surface area contributed by atoms with Gasteiger partial charge in [-0.15, -0.1) is 0 Å². The van der Waals surface area contributed by atoms with Crippen molar-refractivity contribution in [3.63, 3.8) is 0 Å². The van der Waals surface area contributed by atoms with Crippen LogP contribution in [0.1, 0.15) is 21.5 Å². The first kappa shape index (κ1) is 20.0. The molecule has 0 aliphatic rings. The summed E-state index contributed by atoms with van der Waals surface area (Å²) in [6.07, 6.45) is 1.48. The van der Waals surface area contributed by atoms with Gasteiger partial charge in [0, 0.05) is 28.3 Å². The van der Waals surface area contributed by atoms with Crippen molar-refractivity contribution in [3.05, 3.63) is 105 Å². The maximum absolute atomic E-state index is 12.0. The zero-order valence-electron chi connectivity index (χ0n) is 15.1. The van der Waals surface area contributed by atoms with E-state index >= 15 is 0 Å². The SMILES string of the molecule is O=C(N/N=C/c1cccc(OCc2ccccc2Cl)c1)c1ccc([N+](=O)[O-])cc1. The minimum absolute atomic E-state index is 0.0846. The highest BCUT2D eigenvalue weighted by atomic mass is 35.5. The monoisotopic (exact) mass is 409 g/mol. The van der Waals surface area contributed by atoms with Crippen molar-refractivity contribution < 1.29 is 14.5 Å². The number of benzene rings is 3. The van der Waals surface area contributed by atoms with Crippen LogP contribution in [-0.4, -0.2) is 17.0 Å². The Morgan fingerprint density at radius 2 is 1.86 bits per heavy atom. The number of nitro groups is 1. The summed E-state index contributed by atoms with van der Waals surface area (Å²) in [7, 11) is 0. The summed E-state index contributed by atoms with van der Waals surface area (Å²) in [6.45, 7) is 0.331. The van der Waals surface area contributed by atoms with E-state index in [9.17, 15) is 14.9 Å². The fourth-order valence-corrected chi connectivity index (χ4v) is 2.62. The first-order valence-corrected chi connectivity index (χ1v) is 8.95. The molecule has 8 heteroatoms. The fraction of sp³-hybridized carbons (Fsp3) is 0.0476. The molecule has 146 valence electrons. The van der Waals surface area contributed by atoms with Crippen LogP contribution in [-0.2, 0) is 6.61 Å². The molecule has 1 N–H and O–H groups in total. The topological polar surface area (TPSA) is 93.8 Å². The number of rotatable bonds is 7. The van der Waals surface area contributed by atoms with Crippen LogP contribution in [0.5, 0.6) is 5.75 Å². The summed E-state index contributed by atoms with van der Waals surface area (Å²) in [5, 5.41) is 15.2. The van der Waals surface area contributed by atoms with Gasteiger partial charge >= 0.3 is 0 Å². The van der Waals surface area contributed by atoms with Crippen molar-refractivity contribution in [1.29, 1.82) is 0 Å². The Labute approximate surface area is 171 Å². The number of nitro benzene ring substituents is 1. The molecule has 0 aliphatic heterocycles. The number of carbonyl (C=O) groups is 1. The number of nitrogens with zero attached hydrogens (tertiary/aromatic N) is 2. The lowest BCUT2D eigenvalue weighted by molar-refractivity contribution is -0.384.